The van der Waals surface area contributed by atoms with Crippen LogP contribution >= 0.6 is 23.4 Å². The Morgan fingerprint density at radius 3 is 2.25 bits per heavy atom. The van der Waals surface area contributed by atoms with Crippen molar-refractivity contribution in [3.05, 3.63) is 53.1 Å². The van der Waals surface area contributed by atoms with E-state index in [1.807, 2.05) is 50.2 Å². The number of hydrogen-bond acceptors (Lipinski definition) is 3. The van der Waals surface area contributed by atoms with Gasteiger partial charge in [-0.3, -0.25) is 9.59 Å². The fourth-order valence-electron chi connectivity index (χ4n) is 1.99. The Morgan fingerprint density at radius 1 is 1.04 bits per heavy atom. The lowest BCUT2D eigenvalue weighted by atomic mass is 10.2. The maximum Gasteiger partial charge on any atom is 0.237 e. The van der Waals surface area contributed by atoms with E-state index in [1.54, 1.807) is 6.07 Å². The van der Waals surface area contributed by atoms with Crippen LogP contribution in [0.5, 0.6) is 0 Å². The Morgan fingerprint density at radius 2 is 1.67 bits per heavy atom. The van der Waals surface area contributed by atoms with Crippen molar-refractivity contribution in [1.29, 1.82) is 0 Å². The Labute approximate surface area is 151 Å². The minimum atomic E-state index is -0.267. The van der Waals surface area contributed by atoms with Gasteiger partial charge in [0.05, 0.1) is 5.25 Å². The largest absolute Gasteiger partial charge is 0.326 e. The molecule has 0 aliphatic carbocycles. The molecule has 0 spiro atoms. The summed E-state index contributed by atoms with van der Waals surface area (Å²) in [7, 11) is 0. The molecule has 2 rings (SSSR count). The smallest absolute Gasteiger partial charge is 0.237 e. The van der Waals surface area contributed by atoms with E-state index in [4.69, 9.17) is 11.6 Å². The summed E-state index contributed by atoms with van der Waals surface area (Å²) in [5, 5.41) is 5.94. The van der Waals surface area contributed by atoms with Crippen molar-refractivity contribution >= 4 is 46.6 Å². The summed E-state index contributed by atoms with van der Waals surface area (Å²) in [5.41, 5.74) is 2.39. The first kappa shape index (κ1) is 18.4. The van der Waals surface area contributed by atoms with E-state index in [1.165, 1.54) is 18.7 Å². The third kappa shape index (κ3) is 5.28. The zero-order valence-electron chi connectivity index (χ0n) is 13.7. The topological polar surface area (TPSA) is 58.2 Å². The van der Waals surface area contributed by atoms with Crippen molar-refractivity contribution in [2.45, 2.75) is 30.9 Å². The van der Waals surface area contributed by atoms with Gasteiger partial charge in [0, 0.05) is 28.2 Å². The first-order valence-corrected chi connectivity index (χ1v) is 8.72. The van der Waals surface area contributed by atoms with Gasteiger partial charge in [-0.05, 0) is 55.8 Å². The van der Waals surface area contributed by atoms with Crippen LogP contribution in [0.15, 0.2) is 47.4 Å². The summed E-state index contributed by atoms with van der Waals surface area (Å²) < 4.78 is 0. The molecular formula is C18H19ClN2O2S. The molecule has 0 aliphatic rings. The van der Waals surface area contributed by atoms with Crippen LogP contribution in [0.25, 0.3) is 0 Å². The molecule has 0 aliphatic heterocycles. The zero-order chi connectivity index (χ0) is 17.7. The van der Waals surface area contributed by atoms with Crippen LogP contribution in [0.3, 0.4) is 0 Å². The first-order chi connectivity index (χ1) is 11.3. The number of nitrogens with one attached hydrogen (secondary N) is 2. The molecule has 24 heavy (non-hydrogen) atoms. The second kappa shape index (κ2) is 8.22. The van der Waals surface area contributed by atoms with Gasteiger partial charge in [0.2, 0.25) is 11.8 Å². The molecule has 0 saturated heterocycles. The van der Waals surface area contributed by atoms with Crippen molar-refractivity contribution in [1.82, 2.24) is 0 Å². The maximum absolute atomic E-state index is 12.3. The first-order valence-electron chi connectivity index (χ1n) is 7.46. The predicted molar refractivity (Wildman–Crippen MR) is 101 cm³/mol. The molecule has 0 radical (unpaired) electrons. The number of thioether (sulfide) groups is 1. The Hall–Kier alpha value is -1.98. The van der Waals surface area contributed by atoms with Crippen molar-refractivity contribution in [3.8, 4) is 0 Å². The van der Waals surface area contributed by atoms with Crippen molar-refractivity contribution in [2.75, 3.05) is 10.6 Å². The van der Waals surface area contributed by atoms with Gasteiger partial charge < -0.3 is 10.6 Å². The fourth-order valence-corrected chi connectivity index (χ4v) is 3.04. The Bertz CT molecular complexity index is 747. The van der Waals surface area contributed by atoms with Crippen LogP contribution in [-0.2, 0) is 9.59 Å². The van der Waals surface area contributed by atoms with Gasteiger partial charge in [0.1, 0.15) is 0 Å². The van der Waals surface area contributed by atoms with Gasteiger partial charge >= 0.3 is 0 Å². The molecule has 2 amide bonds. The second-order valence-electron chi connectivity index (χ2n) is 5.42. The van der Waals surface area contributed by atoms with Gasteiger partial charge in [-0.25, -0.2) is 0 Å². The molecule has 4 nitrogen and oxygen atoms in total. The van der Waals surface area contributed by atoms with Crippen molar-refractivity contribution < 1.29 is 9.59 Å². The number of amides is 2. The van der Waals surface area contributed by atoms with E-state index in [-0.39, 0.29) is 17.1 Å². The highest BCUT2D eigenvalue weighted by molar-refractivity contribution is 8.00. The predicted octanol–water partition coefficient (Wildman–Crippen LogP) is 4.73. The number of benzene rings is 2. The molecule has 2 aromatic rings. The Kier molecular flexibility index (Phi) is 6.29. The van der Waals surface area contributed by atoms with Crippen LogP contribution in [0.4, 0.5) is 11.4 Å². The van der Waals surface area contributed by atoms with E-state index in [0.717, 1.165) is 16.1 Å². The summed E-state index contributed by atoms with van der Waals surface area (Å²) in [6, 6.07) is 12.8. The van der Waals surface area contributed by atoms with Gasteiger partial charge in [0.25, 0.3) is 0 Å². The fraction of sp³-hybridized carbons (Fsp3) is 0.222. The van der Waals surface area contributed by atoms with Crippen LogP contribution in [0.1, 0.15) is 19.4 Å². The van der Waals surface area contributed by atoms with Crippen LogP contribution in [0, 0.1) is 6.92 Å². The minimum absolute atomic E-state index is 0.0918. The average molecular weight is 363 g/mol. The highest BCUT2D eigenvalue weighted by Crippen LogP contribution is 2.26. The third-order valence-electron chi connectivity index (χ3n) is 3.30. The molecule has 2 N–H and O–H groups in total. The van der Waals surface area contributed by atoms with Crippen LogP contribution in [0.2, 0.25) is 5.02 Å². The Balaban J connectivity index is 1.95. The standard InChI is InChI=1S/C18H19ClN2O2S/c1-11-4-5-15(10-17(11)19)21-18(23)12(2)24-16-8-6-14(7-9-16)20-13(3)22/h4-10,12H,1-3H3,(H,20,22)(H,21,23). The molecule has 0 bridgehead atoms. The number of halogens is 1. The van der Waals surface area contributed by atoms with Gasteiger partial charge in [0.15, 0.2) is 0 Å². The van der Waals surface area contributed by atoms with E-state index >= 15 is 0 Å². The van der Waals surface area contributed by atoms with Crippen LogP contribution in [-0.4, -0.2) is 17.1 Å². The highest BCUT2D eigenvalue weighted by atomic mass is 35.5. The number of anilines is 2. The van der Waals surface area contributed by atoms with Crippen molar-refractivity contribution in [2.24, 2.45) is 0 Å². The quantitative estimate of drug-likeness (QED) is 0.756. The molecule has 0 fully saturated rings. The van der Waals surface area contributed by atoms with Gasteiger partial charge in [-0.15, -0.1) is 11.8 Å². The summed E-state index contributed by atoms with van der Waals surface area (Å²) in [5.74, 6) is -0.203. The number of aryl methyl sites for hydroxylation is 1. The van der Waals surface area contributed by atoms with E-state index in [9.17, 15) is 9.59 Å². The molecule has 0 heterocycles. The number of rotatable bonds is 5. The van der Waals surface area contributed by atoms with Crippen LogP contribution < -0.4 is 10.6 Å². The summed E-state index contributed by atoms with van der Waals surface area (Å²) in [6.45, 7) is 5.22. The number of carbonyl (C=O) groups is 2. The second-order valence-corrected chi connectivity index (χ2v) is 7.24. The molecule has 0 aromatic heterocycles. The lowest BCUT2D eigenvalue weighted by molar-refractivity contribution is -0.115. The summed E-state index contributed by atoms with van der Waals surface area (Å²) in [4.78, 5) is 24.3. The van der Waals surface area contributed by atoms with E-state index < -0.39 is 0 Å². The average Bonchev–Trinajstić information content (AvgIpc) is 2.52. The molecule has 2 aromatic carbocycles. The lowest BCUT2D eigenvalue weighted by Gasteiger charge is -2.13. The highest BCUT2D eigenvalue weighted by Gasteiger charge is 2.15. The van der Waals surface area contributed by atoms with E-state index in [2.05, 4.69) is 10.6 Å². The minimum Gasteiger partial charge on any atom is -0.326 e. The molecule has 126 valence electrons. The molecule has 1 unspecified atom stereocenters. The van der Waals surface area contributed by atoms with Crippen molar-refractivity contribution in [3.63, 3.8) is 0 Å². The molecule has 6 heteroatoms. The molecule has 0 saturated carbocycles. The lowest BCUT2D eigenvalue weighted by Crippen LogP contribution is -2.22. The molecule has 1 atom stereocenters. The SMILES string of the molecule is CC(=O)Nc1ccc(SC(C)C(=O)Nc2ccc(C)c(Cl)c2)cc1. The summed E-state index contributed by atoms with van der Waals surface area (Å²) >= 11 is 7.52. The normalized spacial score (nSPS) is 11.7. The molecular weight excluding hydrogens is 344 g/mol. The van der Waals surface area contributed by atoms with Gasteiger partial charge in [-0.1, -0.05) is 17.7 Å². The van der Waals surface area contributed by atoms with E-state index in [0.29, 0.717) is 10.7 Å². The zero-order valence-corrected chi connectivity index (χ0v) is 15.3. The maximum atomic E-state index is 12.3. The van der Waals surface area contributed by atoms with Gasteiger partial charge in [-0.2, -0.15) is 0 Å². The summed E-state index contributed by atoms with van der Waals surface area (Å²) in [6.07, 6.45) is 0. The monoisotopic (exact) mass is 362 g/mol. The number of carbonyl (C=O) groups excluding carboxylic acids is 2. The third-order valence-corrected chi connectivity index (χ3v) is 4.82. The number of hydrogen-bond donors (Lipinski definition) is 2.